The molecule has 1 aromatic heterocycles. The van der Waals surface area contributed by atoms with E-state index in [2.05, 4.69) is 40.5 Å². The van der Waals surface area contributed by atoms with Crippen LogP contribution in [0.4, 0.5) is 5.82 Å². The van der Waals surface area contributed by atoms with Gasteiger partial charge in [-0.3, -0.25) is 4.79 Å². The quantitative estimate of drug-likeness (QED) is 0.208. The molecule has 0 aliphatic heterocycles. The number of anilines is 1. The van der Waals surface area contributed by atoms with Gasteiger partial charge in [0.1, 0.15) is 11.6 Å². The second-order valence-electron chi connectivity index (χ2n) is 9.79. The van der Waals surface area contributed by atoms with Crippen LogP contribution in [-0.2, 0) is 11.2 Å². The first kappa shape index (κ1) is 26.9. The van der Waals surface area contributed by atoms with E-state index in [4.69, 9.17) is 14.7 Å². The molecule has 5 aromatic rings. The first-order chi connectivity index (χ1) is 19.6. The first-order valence-electron chi connectivity index (χ1n) is 13.6. The molecule has 0 bridgehead atoms. The van der Waals surface area contributed by atoms with Crippen LogP contribution < -0.4 is 15.0 Å². The number of fused-ring (bicyclic) bond motifs is 1. The lowest BCUT2D eigenvalue weighted by molar-refractivity contribution is -0.121. The van der Waals surface area contributed by atoms with Crippen molar-refractivity contribution in [1.82, 2.24) is 15.3 Å². The van der Waals surface area contributed by atoms with Crippen LogP contribution in [0.2, 0.25) is 0 Å². The van der Waals surface area contributed by atoms with Gasteiger partial charge in [0, 0.05) is 30.5 Å². The fraction of sp³-hybridized carbons (Fsp3) is 0.206. The summed E-state index contributed by atoms with van der Waals surface area (Å²) >= 11 is 0. The lowest BCUT2D eigenvalue weighted by Gasteiger charge is -2.26. The van der Waals surface area contributed by atoms with E-state index in [-0.39, 0.29) is 11.9 Å². The molecule has 6 heteroatoms. The van der Waals surface area contributed by atoms with E-state index in [1.807, 2.05) is 85.8 Å². The largest absolute Gasteiger partial charge is 0.497 e. The second kappa shape index (κ2) is 12.9. The molecule has 40 heavy (non-hydrogen) atoms. The number of amides is 1. The van der Waals surface area contributed by atoms with Crippen molar-refractivity contribution in [2.45, 2.75) is 25.8 Å². The maximum atomic E-state index is 13.1. The highest BCUT2D eigenvalue weighted by Gasteiger charge is 2.18. The Morgan fingerprint density at radius 3 is 2.23 bits per heavy atom. The number of hydrogen-bond donors (Lipinski definition) is 1. The molecule has 0 saturated heterocycles. The predicted octanol–water partition coefficient (Wildman–Crippen LogP) is 6.62. The molecule has 1 heterocycles. The van der Waals surface area contributed by atoms with Crippen molar-refractivity contribution in [3.8, 4) is 17.1 Å². The smallest absolute Gasteiger partial charge is 0.222 e. The molecular formula is C34H34N4O2. The molecule has 1 amide bonds. The number of aromatic nitrogens is 2. The average molecular weight is 531 g/mol. The van der Waals surface area contributed by atoms with Crippen LogP contribution in [-0.4, -0.2) is 36.1 Å². The molecule has 0 fully saturated rings. The van der Waals surface area contributed by atoms with Crippen molar-refractivity contribution >= 4 is 22.6 Å². The van der Waals surface area contributed by atoms with Crippen LogP contribution in [0.5, 0.6) is 5.75 Å². The summed E-state index contributed by atoms with van der Waals surface area (Å²) in [7, 11) is 1.65. The standard InChI is InChI=1S/C34H34N4O2/c1-25(27-13-7-4-8-14-27)35-32(39)22-24-38(23-21-26-11-5-3-6-12-26)34-30-15-9-10-16-31(30)36-33(37-34)28-17-19-29(40-2)20-18-28/h3-20,25H,21-24H2,1-2H3,(H,35,39)/t25-/m0/s1. The normalized spacial score (nSPS) is 11.7. The number of ether oxygens (including phenoxy) is 1. The molecule has 6 nitrogen and oxygen atoms in total. The van der Waals surface area contributed by atoms with Crippen LogP contribution in [0.1, 0.15) is 30.5 Å². The predicted molar refractivity (Wildman–Crippen MR) is 162 cm³/mol. The fourth-order valence-electron chi connectivity index (χ4n) is 4.78. The summed E-state index contributed by atoms with van der Waals surface area (Å²) in [6.45, 7) is 3.26. The first-order valence-corrected chi connectivity index (χ1v) is 13.6. The van der Waals surface area contributed by atoms with Crippen molar-refractivity contribution in [2.24, 2.45) is 0 Å². The molecule has 0 aliphatic carbocycles. The zero-order valence-corrected chi connectivity index (χ0v) is 23.0. The number of para-hydroxylation sites is 1. The van der Waals surface area contributed by atoms with E-state index in [1.165, 1.54) is 5.56 Å². The number of methoxy groups -OCH3 is 1. The number of carbonyl (C=O) groups excluding carboxylic acids is 1. The van der Waals surface area contributed by atoms with E-state index >= 15 is 0 Å². The molecule has 202 valence electrons. The Morgan fingerprint density at radius 1 is 0.825 bits per heavy atom. The third-order valence-corrected chi connectivity index (χ3v) is 7.03. The maximum Gasteiger partial charge on any atom is 0.222 e. The summed E-state index contributed by atoms with van der Waals surface area (Å²) in [6, 6.07) is 36.2. The summed E-state index contributed by atoms with van der Waals surface area (Å²) in [6.07, 6.45) is 1.18. The summed E-state index contributed by atoms with van der Waals surface area (Å²) < 4.78 is 5.33. The third-order valence-electron chi connectivity index (χ3n) is 7.03. The maximum absolute atomic E-state index is 13.1. The molecule has 1 atom stereocenters. The molecule has 5 rings (SSSR count). The van der Waals surface area contributed by atoms with Crippen LogP contribution in [0.25, 0.3) is 22.3 Å². The second-order valence-corrected chi connectivity index (χ2v) is 9.79. The van der Waals surface area contributed by atoms with Crippen molar-refractivity contribution in [2.75, 3.05) is 25.1 Å². The zero-order valence-electron chi connectivity index (χ0n) is 23.0. The van der Waals surface area contributed by atoms with Crippen LogP contribution in [0.15, 0.2) is 109 Å². The van der Waals surface area contributed by atoms with Gasteiger partial charge in [-0.15, -0.1) is 0 Å². The van der Waals surface area contributed by atoms with Crippen molar-refractivity contribution < 1.29 is 9.53 Å². The minimum absolute atomic E-state index is 0.00908. The van der Waals surface area contributed by atoms with Gasteiger partial charge >= 0.3 is 0 Å². The Bertz CT molecular complexity index is 1540. The Labute approximate surface area is 235 Å². The molecular weight excluding hydrogens is 496 g/mol. The van der Waals surface area contributed by atoms with Crippen molar-refractivity contribution in [1.29, 1.82) is 0 Å². The molecule has 0 aliphatic rings. The van der Waals surface area contributed by atoms with Gasteiger partial charge < -0.3 is 15.0 Å². The molecule has 4 aromatic carbocycles. The molecule has 0 unspecified atom stereocenters. The lowest BCUT2D eigenvalue weighted by Crippen LogP contribution is -2.34. The van der Waals surface area contributed by atoms with Gasteiger partial charge in [0.15, 0.2) is 5.82 Å². The average Bonchev–Trinajstić information content (AvgIpc) is 3.01. The van der Waals surface area contributed by atoms with Gasteiger partial charge in [-0.05, 0) is 60.9 Å². The minimum Gasteiger partial charge on any atom is -0.497 e. The lowest BCUT2D eigenvalue weighted by atomic mass is 10.1. The van der Waals surface area contributed by atoms with E-state index < -0.39 is 0 Å². The number of carbonyl (C=O) groups is 1. The van der Waals surface area contributed by atoms with Crippen LogP contribution in [0.3, 0.4) is 0 Å². The van der Waals surface area contributed by atoms with Gasteiger partial charge in [-0.2, -0.15) is 0 Å². The van der Waals surface area contributed by atoms with E-state index in [0.29, 0.717) is 25.3 Å². The van der Waals surface area contributed by atoms with E-state index in [9.17, 15) is 4.79 Å². The Morgan fingerprint density at radius 2 is 1.50 bits per heavy atom. The fourth-order valence-corrected chi connectivity index (χ4v) is 4.78. The van der Waals surface area contributed by atoms with Crippen molar-refractivity contribution in [3.63, 3.8) is 0 Å². The van der Waals surface area contributed by atoms with Crippen molar-refractivity contribution in [3.05, 3.63) is 120 Å². The summed E-state index contributed by atoms with van der Waals surface area (Å²) in [5, 5.41) is 4.12. The zero-order chi connectivity index (χ0) is 27.7. The summed E-state index contributed by atoms with van der Waals surface area (Å²) in [4.78, 5) is 25.2. The number of benzene rings is 4. The molecule has 0 spiro atoms. The molecule has 1 N–H and O–H groups in total. The van der Waals surface area contributed by atoms with Gasteiger partial charge in [0.2, 0.25) is 5.91 Å². The number of nitrogens with one attached hydrogen (secondary N) is 1. The van der Waals surface area contributed by atoms with E-state index in [0.717, 1.165) is 40.0 Å². The molecule has 0 radical (unpaired) electrons. The highest BCUT2D eigenvalue weighted by Crippen LogP contribution is 2.29. The number of nitrogens with zero attached hydrogens (tertiary/aromatic N) is 3. The number of rotatable bonds is 11. The van der Waals surface area contributed by atoms with Crippen LogP contribution >= 0.6 is 0 Å². The monoisotopic (exact) mass is 530 g/mol. The van der Waals surface area contributed by atoms with Gasteiger partial charge in [-0.25, -0.2) is 9.97 Å². The SMILES string of the molecule is COc1ccc(-c2nc(N(CCC(=O)N[C@@H](C)c3ccccc3)CCc3ccccc3)c3ccccc3n2)cc1. The van der Waals surface area contributed by atoms with Gasteiger partial charge in [-0.1, -0.05) is 72.8 Å². The highest BCUT2D eigenvalue weighted by atomic mass is 16.5. The summed E-state index contributed by atoms with van der Waals surface area (Å²) in [5.74, 6) is 2.26. The number of hydrogen-bond acceptors (Lipinski definition) is 5. The Kier molecular flexibility index (Phi) is 8.66. The Balaban J connectivity index is 1.44. The molecule has 0 saturated carbocycles. The van der Waals surface area contributed by atoms with Gasteiger partial charge in [0.05, 0.1) is 18.7 Å². The highest BCUT2D eigenvalue weighted by molar-refractivity contribution is 5.91. The Hall–Kier alpha value is -4.71. The van der Waals surface area contributed by atoms with E-state index in [1.54, 1.807) is 7.11 Å². The minimum atomic E-state index is -0.0620. The van der Waals surface area contributed by atoms with Gasteiger partial charge in [0.25, 0.3) is 0 Å². The topological polar surface area (TPSA) is 67.3 Å². The van der Waals surface area contributed by atoms with Crippen LogP contribution in [0, 0.1) is 0 Å². The third kappa shape index (κ3) is 6.64. The summed E-state index contributed by atoms with van der Waals surface area (Å²) in [5.41, 5.74) is 4.10.